The molecule has 0 saturated carbocycles. The van der Waals surface area contributed by atoms with Gasteiger partial charge in [-0.25, -0.2) is 4.79 Å². The van der Waals surface area contributed by atoms with Crippen LogP contribution in [0.5, 0.6) is 0 Å². The van der Waals surface area contributed by atoms with Crippen LogP contribution in [0, 0.1) is 0 Å². The maximum absolute atomic E-state index is 10.6. The number of rotatable bonds is 0. The van der Waals surface area contributed by atoms with Crippen LogP contribution in [0.1, 0.15) is 0 Å². The number of hydrogen-bond acceptors (Lipinski definition) is 4. The molecule has 0 aromatic carbocycles. The smallest absolute Gasteiger partial charge is 0.284 e. The third-order valence-corrected chi connectivity index (χ3v) is 1.15. The Kier molecular flexibility index (Phi) is 1.88. The van der Waals surface area contributed by atoms with Gasteiger partial charge in [0.1, 0.15) is 0 Å². The molecule has 6 heteroatoms. The highest BCUT2D eigenvalue weighted by Gasteiger charge is 2.24. The lowest BCUT2D eigenvalue weighted by Gasteiger charge is -2.14. The molecule has 3 amide bonds. The Morgan fingerprint density at radius 2 is 2.00 bits per heavy atom. The molecular formula is C5H6N2O4. The Labute approximate surface area is 61.8 Å². The normalized spacial score (nSPS) is 19.1. The quantitative estimate of drug-likeness (QED) is 0.469. The highest BCUT2D eigenvalue weighted by molar-refractivity contribution is 5.99. The van der Waals surface area contributed by atoms with Gasteiger partial charge in [0.05, 0.1) is 6.54 Å². The van der Waals surface area contributed by atoms with Gasteiger partial charge in [0.15, 0.2) is 0 Å². The van der Waals surface area contributed by atoms with Crippen LogP contribution in [0.15, 0.2) is 12.2 Å². The minimum Gasteiger partial charge on any atom is -0.284 e. The van der Waals surface area contributed by atoms with Crippen LogP contribution in [0.2, 0.25) is 0 Å². The first-order chi connectivity index (χ1) is 5.13. The average Bonchev–Trinajstić information content (AvgIpc) is 2.07. The zero-order valence-electron chi connectivity index (χ0n) is 5.47. The fraction of sp³-hybridized carbons (Fsp3) is 0.200. The molecule has 0 unspecified atom stereocenters. The van der Waals surface area contributed by atoms with Gasteiger partial charge in [0.25, 0.3) is 5.91 Å². The molecule has 1 aliphatic heterocycles. The predicted molar refractivity (Wildman–Crippen MR) is 31.7 cm³/mol. The average molecular weight is 158 g/mol. The number of hydrogen-bond donors (Lipinski definition) is 2. The first-order valence-corrected chi connectivity index (χ1v) is 2.83. The summed E-state index contributed by atoms with van der Waals surface area (Å²) in [4.78, 5) is 21.2. The van der Waals surface area contributed by atoms with Crippen molar-refractivity contribution in [3.63, 3.8) is 0 Å². The van der Waals surface area contributed by atoms with E-state index in [-0.39, 0.29) is 16.7 Å². The van der Waals surface area contributed by atoms with Crippen molar-refractivity contribution in [2.75, 3.05) is 6.54 Å². The number of carbonyl (C=O) groups is 2. The summed E-state index contributed by atoms with van der Waals surface area (Å²) in [5.74, 6) is -0.869. The highest BCUT2D eigenvalue weighted by atomic mass is 16.6. The number of imide groups is 1. The van der Waals surface area contributed by atoms with Crippen LogP contribution in [0.4, 0.5) is 4.79 Å². The highest BCUT2D eigenvalue weighted by Crippen LogP contribution is 1.99. The van der Waals surface area contributed by atoms with Gasteiger partial charge in [-0.3, -0.25) is 15.2 Å². The van der Waals surface area contributed by atoms with Crippen LogP contribution in [0.3, 0.4) is 0 Å². The van der Waals surface area contributed by atoms with Crippen LogP contribution >= 0.6 is 0 Å². The fourth-order valence-corrected chi connectivity index (χ4v) is 0.606. The first-order valence-electron chi connectivity index (χ1n) is 2.83. The summed E-state index contributed by atoms with van der Waals surface area (Å²) in [6.07, 6.45) is 2.25. The van der Waals surface area contributed by atoms with E-state index in [4.69, 9.17) is 10.4 Å². The zero-order valence-corrected chi connectivity index (χ0v) is 5.47. The Bertz CT molecular complexity index is 225. The van der Waals surface area contributed by atoms with E-state index in [2.05, 4.69) is 0 Å². The Morgan fingerprint density at radius 3 is 2.64 bits per heavy atom. The van der Waals surface area contributed by atoms with E-state index in [1.807, 2.05) is 0 Å². The minimum absolute atomic E-state index is 0.109. The number of carbonyl (C=O) groups excluding carboxylic acids is 2. The van der Waals surface area contributed by atoms with Crippen molar-refractivity contribution < 1.29 is 20.0 Å². The van der Waals surface area contributed by atoms with Gasteiger partial charge in [-0.15, -0.1) is 5.06 Å². The molecule has 0 radical (unpaired) electrons. The van der Waals surface area contributed by atoms with Crippen molar-refractivity contribution in [1.29, 1.82) is 0 Å². The van der Waals surface area contributed by atoms with Crippen LogP contribution in [-0.2, 0) is 4.79 Å². The monoisotopic (exact) mass is 158 g/mol. The van der Waals surface area contributed by atoms with Crippen molar-refractivity contribution >= 4 is 11.9 Å². The topological polar surface area (TPSA) is 81.1 Å². The van der Waals surface area contributed by atoms with Crippen LogP contribution < -0.4 is 0 Å². The SMILES string of the molecule is O=C1C=CCN(O)C(=O)N1O. The molecule has 1 rings (SSSR count). The molecule has 6 nitrogen and oxygen atoms in total. The second kappa shape index (κ2) is 2.69. The van der Waals surface area contributed by atoms with Crippen LogP contribution in [0.25, 0.3) is 0 Å². The van der Waals surface area contributed by atoms with E-state index in [1.54, 1.807) is 0 Å². The van der Waals surface area contributed by atoms with Crippen molar-refractivity contribution in [2.45, 2.75) is 0 Å². The number of urea groups is 1. The molecule has 0 aromatic heterocycles. The lowest BCUT2D eigenvalue weighted by atomic mass is 10.5. The number of hydroxylamine groups is 4. The van der Waals surface area contributed by atoms with Gasteiger partial charge in [0.2, 0.25) is 0 Å². The standard InChI is InChI=1S/C5H6N2O4/c8-4-2-1-3-6(10)5(9)7(4)11/h1-2,10-11H,3H2. The summed E-state index contributed by atoms with van der Waals surface area (Å²) in [6.45, 7) is -0.109. The summed E-state index contributed by atoms with van der Waals surface area (Å²) in [7, 11) is 0. The number of amides is 3. The Balaban J connectivity index is 2.84. The molecule has 0 saturated heterocycles. The molecule has 0 spiro atoms. The van der Waals surface area contributed by atoms with Gasteiger partial charge in [-0.1, -0.05) is 6.08 Å². The van der Waals surface area contributed by atoms with Gasteiger partial charge < -0.3 is 0 Å². The molecule has 2 N–H and O–H groups in total. The van der Waals surface area contributed by atoms with Gasteiger partial charge in [0, 0.05) is 6.08 Å². The van der Waals surface area contributed by atoms with E-state index >= 15 is 0 Å². The summed E-state index contributed by atoms with van der Waals surface area (Å²) in [6, 6.07) is -1.15. The third kappa shape index (κ3) is 1.36. The summed E-state index contributed by atoms with van der Waals surface area (Å²) >= 11 is 0. The van der Waals surface area contributed by atoms with Crippen molar-refractivity contribution in [3.05, 3.63) is 12.2 Å². The molecule has 60 valence electrons. The molecule has 1 heterocycles. The van der Waals surface area contributed by atoms with Crippen molar-refractivity contribution in [2.24, 2.45) is 0 Å². The molecule has 0 aliphatic carbocycles. The Hall–Kier alpha value is -1.40. The maximum atomic E-state index is 10.6. The molecule has 11 heavy (non-hydrogen) atoms. The lowest BCUT2D eigenvalue weighted by Crippen LogP contribution is -2.40. The van der Waals surface area contributed by atoms with E-state index in [0.717, 1.165) is 6.08 Å². The van der Waals surface area contributed by atoms with E-state index in [9.17, 15) is 9.59 Å². The van der Waals surface area contributed by atoms with Gasteiger partial charge in [-0.05, 0) is 0 Å². The van der Waals surface area contributed by atoms with Gasteiger partial charge >= 0.3 is 6.03 Å². The Morgan fingerprint density at radius 1 is 1.36 bits per heavy atom. The molecule has 1 aliphatic rings. The molecule has 0 bridgehead atoms. The first kappa shape index (κ1) is 7.70. The molecule has 0 fully saturated rings. The van der Waals surface area contributed by atoms with Gasteiger partial charge in [-0.2, -0.15) is 5.06 Å². The predicted octanol–water partition coefficient (Wildman–Crippen LogP) is -0.415. The summed E-state index contributed by atoms with van der Waals surface area (Å²) in [5, 5.41) is 17.5. The van der Waals surface area contributed by atoms with E-state index in [0.29, 0.717) is 0 Å². The zero-order chi connectivity index (χ0) is 8.43. The second-order valence-electron chi connectivity index (χ2n) is 1.92. The van der Waals surface area contributed by atoms with Crippen LogP contribution in [-0.4, -0.2) is 39.0 Å². The molecule has 0 atom stereocenters. The third-order valence-electron chi connectivity index (χ3n) is 1.15. The van der Waals surface area contributed by atoms with E-state index in [1.165, 1.54) is 6.08 Å². The number of nitrogens with zero attached hydrogens (tertiary/aromatic N) is 2. The molecule has 0 aromatic rings. The fourth-order valence-electron chi connectivity index (χ4n) is 0.606. The summed E-state index contributed by atoms with van der Waals surface area (Å²) < 4.78 is 0. The van der Waals surface area contributed by atoms with Crippen molar-refractivity contribution in [1.82, 2.24) is 10.1 Å². The largest absolute Gasteiger partial charge is 0.375 e. The summed E-state index contributed by atoms with van der Waals surface area (Å²) in [5.41, 5.74) is 0. The second-order valence-corrected chi connectivity index (χ2v) is 1.92. The minimum atomic E-state index is -1.15. The van der Waals surface area contributed by atoms with Crippen molar-refractivity contribution in [3.8, 4) is 0 Å². The molecular weight excluding hydrogens is 152 g/mol. The lowest BCUT2D eigenvalue weighted by molar-refractivity contribution is -0.156. The maximum Gasteiger partial charge on any atom is 0.375 e. The van der Waals surface area contributed by atoms with E-state index < -0.39 is 11.9 Å².